The van der Waals surface area contributed by atoms with Gasteiger partial charge in [0.15, 0.2) is 0 Å². The van der Waals surface area contributed by atoms with Crippen LogP contribution in [-0.2, 0) is 0 Å². The maximum Gasteiger partial charge on any atom is 0.316 e. The normalized spacial score (nSPS) is 10.9. The van der Waals surface area contributed by atoms with Crippen LogP contribution in [0.5, 0.6) is 0 Å². The van der Waals surface area contributed by atoms with Crippen molar-refractivity contribution in [2.24, 2.45) is 0 Å². The average molecular weight is 286 g/mol. The maximum atomic E-state index is 11.7. The van der Waals surface area contributed by atoms with Gasteiger partial charge in [-0.1, -0.05) is 5.16 Å². The minimum atomic E-state index is -0.440. The smallest absolute Gasteiger partial charge is 0.316 e. The van der Waals surface area contributed by atoms with E-state index in [0.717, 1.165) is 16.5 Å². The molecule has 3 rings (SSSR count). The van der Waals surface area contributed by atoms with Crippen molar-refractivity contribution >= 4 is 16.8 Å². The van der Waals surface area contributed by atoms with E-state index in [1.54, 1.807) is 0 Å². The van der Waals surface area contributed by atoms with Crippen LogP contribution in [0.25, 0.3) is 22.3 Å². The third kappa shape index (κ3) is 2.77. The van der Waals surface area contributed by atoms with E-state index in [2.05, 4.69) is 20.4 Å². The van der Waals surface area contributed by atoms with E-state index in [0.29, 0.717) is 18.8 Å². The number of hydrogen-bond acceptors (Lipinski definition) is 5. The fourth-order valence-electron chi connectivity index (χ4n) is 1.98. The first-order chi connectivity index (χ1) is 10.3. The van der Waals surface area contributed by atoms with Crippen molar-refractivity contribution in [3.63, 3.8) is 0 Å². The minimum Gasteiger partial charge on any atom is -0.396 e. The van der Waals surface area contributed by atoms with Crippen LogP contribution in [-0.4, -0.2) is 39.3 Å². The molecule has 7 nitrogen and oxygen atoms in total. The monoisotopic (exact) mass is 286 g/mol. The molecule has 3 N–H and O–H groups in total. The number of benzene rings is 1. The number of aromatic amines is 1. The van der Waals surface area contributed by atoms with Gasteiger partial charge in [-0.15, -0.1) is 0 Å². The van der Waals surface area contributed by atoms with E-state index >= 15 is 0 Å². The van der Waals surface area contributed by atoms with Gasteiger partial charge in [-0.25, -0.2) is 0 Å². The molecule has 0 saturated carbocycles. The molecule has 7 heteroatoms. The van der Waals surface area contributed by atoms with Gasteiger partial charge in [-0.05, 0) is 30.7 Å². The molecule has 21 heavy (non-hydrogen) atoms. The third-order valence-electron chi connectivity index (χ3n) is 3.05. The van der Waals surface area contributed by atoms with Crippen molar-refractivity contribution in [3.05, 3.63) is 36.4 Å². The molecule has 0 aliphatic rings. The highest BCUT2D eigenvalue weighted by atomic mass is 16.5. The van der Waals surface area contributed by atoms with Gasteiger partial charge in [0, 0.05) is 35.8 Å². The number of carbonyl (C=O) groups excluding carboxylic acids is 1. The Labute approximate surface area is 120 Å². The number of aliphatic hydroxyl groups is 1. The lowest BCUT2D eigenvalue weighted by molar-refractivity contribution is 0.0907. The molecule has 2 aromatic heterocycles. The number of amides is 1. The van der Waals surface area contributed by atoms with Crippen LogP contribution in [0.3, 0.4) is 0 Å². The first kappa shape index (κ1) is 13.3. The highest BCUT2D eigenvalue weighted by Gasteiger charge is 2.15. The summed E-state index contributed by atoms with van der Waals surface area (Å²) >= 11 is 0. The van der Waals surface area contributed by atoms with Gasteiger partial charge >= 0.3 is 11.8 Å². The zero-order chi connectivity index (χ0) is 14.7. The number of H-pyrrole nitrogens is 1. The van der Waals surface area contributed by atoms with Crippen molar-refractivity contribution in [2.45, 2.75) is 6.42 Å². The molecule has 3 aromatic rings. The van der Waals surface area contributed by atoms with E-state index in [9.17, 15) is 4.79 Å². The van der Waals surface area contributed by atoms with Crippen molar-refractivity contribution < 1.29 is 14.4 Å². The number of aliphatic hydroxyl groups excluding tert-OH is 1. The SMILES string of the molecule is O=C(NCCCO)c1nc(-c2ccc3[nH]ccc3c2)no1. The molecule has 0 aliphatic heterocycles. The number of carbonyl (C=O) groups is 1. The molecule has 2 heterocycles. The molecule has 0 atom stereocenters. The number of hydrogen-bond donors (Lipinski definition) is 3. The van der Waals surface area contributed by atoms with E-state index in [1.807, 2.05) is 30.5 Å². The molecule has 0 unspecified atom stereocenters. The number of fused-ring (bicyclic) bond motifs is 1. The lowest BCUT2D eigenvalue weighted by Gasteiger charge is -1.98. The molecule has 108 valence electrons. The summed E-state index contributed by atoms with van der Waals surface area (Å²) in [5.41, 5.74) is 1.80. The first-order valence-electron chi connectivity index (χ1n) is 6.58. The van der Waals surface area contributed by atoms with Crippen LogP contribution in [0.2, 0.25) is 0 Å². The summed E-state index contributed by atoms with van der Waals surface area (Å²) in [5.74, 6) is -0.160. The second-order valence-electron chi connectivity index (χ2n) is 4.54. The van der Waals surface area contributed by atoms with Gasteiger partial charge in [0.05, 0.1) is 0 Å². The summed E-state index contributed by atoms with van der Waals surface area (Å²) < 4.78 is 4.96. The largest absolute Gasteiger partial charge is 0.396 e. The predicted octanol–water partition coefficient (Wildman–Crippen LogP) is 1.33. The highest BCUT2D eigenvalue weighted by molar-refractivity contribution is 5.90. The van der Waals surface area contributed by atoms with Gasteiger partial charge in [-0.2, -0.15) is 4.98 Å². The number of nitrogens with zero attached hydrogens (tertiary/aromatic N) is 2. The highest BCUT2D eigenvalue weighted by Crippen LogP contribution is 2.21. The van der Waals surface area contributed by atoms with E-state index in [4.69, 9.17) is 9.63 Å². The van der Waals surface area contributed by atoms with Gasteiger partial charge in [0.2, 0.25) is 5.82 Å². The van der Waals surface area contributed by atoms with Gasteiger partial charge in [0.1, 0.15) is 0 Å². The Kier molecular flexibility index (Phi) is 3.65. The minimum absolute atomic E-state index is 0.0199. The van der Waals surface area contributed by atoms with Crippen LogP contribution in [0.1, 0.15) is 17.1 Å². The maximum absolute atomic E-state index is 11.7. The van der Waals surface area contributed by atoms with Crippen molar-refractivity contribution in [2.75, 3.05) is 13.2 Å². The number of aromatic nitrogens is 3. The Hall–Kier alpha value is -2.67. The van der Waals surface area contributed by atoms with E-state index in [1.165, 1.54) is 0 Å². The molecule has 0 radical (unpaired) electrons. The zero-order valence-electron chi connectivity index (χ0n) is 11.2. The predicted molar refractivity (Wildman–Crippen MR) is 75.6 cm³/mol. The summed E-state index contributed by atoms with van der Waals surface area (Å²) in [7, 11) is 0. The summed E-state index contributed by atoms with van der Waals surface area (Å²) in [6, 6.07) is 7.64. The van der Waals surface area contributed by atoms with E-state index in [-0.39, 0.29) is 12.5 Å². The third-order valence-corrected chi connectivity index (χ3v) is 3.05. The lowest BCUT2D eigenvalue weighted by Crippen LogP contribution is -2.25. The first-order valence-corrected chi connectivity index (χ1v) is 6.58. The Morgan fingerprint density at radius 1 is 1.38 bits per heavy atom. The summed E-state index contributed by atoms with van der Waals surface area (Å²) in [4.78, 5) is 18.9. The topological polar surface area (TPSA) is 104 Å². The number of nitrogens with one attached hydrogen (secondary N) is 2. The second kappa shape index (κ2) is 5.76. The van der Waals surface area contributed by atoms with Crippen LogP contribution >= 0.6 is 0 Å². The second-order valence-corrected chi connectivity index (χ2v) is 4.54. The summed E-state index contributed by atoms with van der Waals surface area (Å²) in [5, 5.41) is 16.1. The van der Waals surface area contributed by atoms with Crippen LogP contribution in [0.15, 0.2) is 35.0 Å². The van der Waals surface area contributed by atoms with Gasteiger partial charge in [-0.3, -0.25) is 4.79 Å². The summed E-state index contributed by atoms with van der Waals surface area (Å²) in [6.45, 7) is 0.383. The van der Waals surface area contributed by atoms with Crippen LogP contribution in [0.4, 0.5) is 0 Å². The molecule has 0 aliphatic carbocycles. The fraction of sp³-hybridized carbons (Fsp3) is 0.214. The lowest BCUT2D eigenvalue weighted by atomic mass is 10.1. The molecule has 1 aromatic carbocycles. The summed E-state index contributed by atoms with van der Waals surface area (Å²) in [6.07, 6.45) is 2.33. The molecule has 1 amide bonds. The van der Waals surface area contributed by atoms with Crippen molar-refractivity contribution in [1.29, 1.82) is 0 Å². The Morgan fingerprint density at radius 3 is 3.14 bits per heavy atom. The van der Waals surface area contributed by atoms with Crippen molar-refractivity contribution in [3.8, 4) is 11.4 Å². The molecule has 0 saturated heterocycles. The molecule has 0 spiro atoms. The Balaban J connectivity index is 1.79. The molecule has 0 bridgehead atoms. The standard InChI is InChI=1S/C14H14N4O3/c19-7-1-5-16-13(20)14-17-12(18-21-14)10-2-3-11-9(8-10)4-6-15-11/h2-4,6,8,15,19H,1,5,7H2,(H,16,20). The van der Waals surface area contributed by atoms with Gasteiger partial charge in [0.25, 0.3) is 0 Å². The Bertz CT molecular complexity index is 762. The molecular formula is C14H14N4O3. The van der Waals surface area contributed by atoms with Crippen molar-refractivity contribution in [1.82, 2.24) is 20.4 Å². The average Bonchev–Trinajstić information content (AvgIpc) is 3.15. The van der Waals surface area contributed by atoms with E-state index < -0.39 is 5.91 Å². The van der Waals surface area contributed by atoms with Gasteiger partial charge < -0.3 is 19.9 Å². The van der Waals surface area contributed by atoms with Crippen LogP contribution in [0, 0.1) is 0 Å². The molecular weight excluding hydrogens is 272 g/mol. The fourth-order valence-corrected chi connectivity index (χ4v) is 1.98. The quantitative estimate of drug-likeness (QED) is 0.614. The molecule has 0 fully saturated rings. The number of rotatable bonds is 5. The van der Waals surface area contributed by atoms with Crippen LogP contribution < -0.4 is 5.32 Å². The zero-order valence-corrected chi connectivity index (χ0v) is 11.2. The Morgan fingerprint density at radius 2 is 2.29 bits per heavy atom.